The van der Waals surface area contributed by atoms with E-state index in [0.29, 0.717) is 17.1 Å². The van der Waals surface area contributed by atoms with Crippen molar-refractivity contribution >= 4 is 21.4 Å². The fourth-order valence-corrected chi connectivity index (χ4v) is 3.12. The SMILES string of the molecule is CC(CS(C)(=O)=O)C(=O)Nc1cn(C)nc1-c1ccccn1. The van der Waals surface area contributed by atoms with Crippen LogP contribution in [0.1, 0.15) is 6.92 Å². The maximum absolute atomic E-state index is 12.1. The van der Waals surface area contributed by atoms with Crippen LogP contribution in [0.15, 0.2) is 30.6 Å². The van der Waals surface area contributed by atoms with Crippen LogP contribution in [0.25, 0.3) is 11.4 Å². The van der Waals surface area contributed by atoms with Gasteiger partial charge in [-0.2, -0.15) is 5.10 Å². The summed E-state index contributed by atoms with van der Waals surface area (Å²) >= 11 is 0. The summed E-state index contributed by atoms with van der Waals surface area (Å²) in [7, 11) is -1.47. The topological polar surface area (TPSA) is 94.0 Å². The van der Waals surface area contributed by atoms with E-state index in [-0.39, 0.29) is 11.7 Å². The Bertz CT molecular complexity index is 769. The van der Waals surface area contributed by atoms with Gasteiger partial charge in [-0.25, -0.2) is 8.42 Å². The van der Waals surface area contributed by atoms with Crippen molar-refractivity contribution in [2.75, 3.05) is 17.3 Å². The minimum Gasteiger partial charge on any atom is -0.323 e. The van der Waals surface area contributed by atoms with Crippen LogP contribution in [0, 0.1) is 5.92 Å². The summed E-state index contributed by atoms with van der Waals surface area (Å²) in [6, 6.07) is 5.41. The summed E-state index contributed by atoms with van der Waals surface area (Å²) in [5, 5.41) is 7.01. The number of nitrogens with one attached hydrogen (secondary N) is 1. The van der Waals surface area contributed by atoms with Gasteiger partial charge in [0.2, 0.25) is 5.91 Å². The standard InChI is InChI=1S/C14H18N4O3S/c1-10(9-22(3,20)21)14(19)16-12-8-18(2)17-13(12)11-6-4-5-7-15-11/h4-8,10H,9H2,1-3H3,(H,16,19). The number of amides is 1. The molecule has 2 aromatic heterocycles. The Morgan fingerprint density at radius 1 is 1.41 bits per heavy atom. The summed E-state index contributed by atoms with van der Waals surface area (Å²) in [5.74, 6) is -1.21. The predicted molar refractivity (Wildman–Crippen MR) is 83.9 cm³/mol. The van der Waals surface area contributed by atoms with Crippen molar-refractivity contribution in [3.05, 3.63) is 30.6 Å². The Labute approximate surface area is 129 Å². The molecule has 2 heterocycles. The number of rotatable bonds is 5. The van der Waals surface area contributed by atoms with Gasteiger partial charge >= 0.3 is 0 Å². The van der Waals surface area contributed by atoms with Gasteiger partial charge in [-0.15, -0.1) is 0 Å². The summed E-state index contributed by atoms with van der Waals surface area (Å²) < 4.78 is 24.1. The molecule has 0 aliphatic heterocycles. The molecule has 22 heavy (non-hydrogen) atoms. The molecule has 118 valence electrons. The molecule has 0 aliphatic carbocycles. The quantitative estimate of drug-likeness (QED) is 0.889. The summed E-state index contributed by atoms with van der Waals surface area (Å²) in [6.07, 6.45) is 4.41. The smallest absolute Gasteiger partial charge is 0.228 e. The van der Waals surface area contributed by atoms with Crippen LogP contribution in [-0.4, -0.2) is 41.1 Å². The third-order valence-electron chi connectivity index (χ3n) is 2.99. The Balaban J connectivity index is 2.22. The van der Waals surface area contributed by atoms with Gasteiger partial charge in [0.1, 0.15) is 15.5 Å². The van der Waals surface area contributed by atoms with E-state index in [9.17, 15) is 13.2 Å². The number of nitrogens with zero attached hydrogens (tertiary/aromatic N) is 3. The van der Waals surface area contributed by atoms with Crippen molar-refractivity contribution in [2.45, 2.75) is 6.92 Å². The molecule has 0 spiro atoms. The monoisotopic (exact) mass is 322 g/mol. The predicted octanol–water partition coefficient (Wildman–Crippen LogP) is 1.10. The van der Waals surface area contributed by atoms with Crippen LogP contribution >= 0.6 is 0 Å². The van der Waals surface area contributed by atoms with Crippen LogP contribution in [-0.2, 0) is 21.7 Å². The lowest BCUT2D eigenvalue weighted by Crippen LogP contribution is -2.26. The zero-order chi connectivity index (χ0) is 16.3. The second-order valence-corrected chi connectivity index (χ2v) is 7.45. The second-order valence-electron chi connectivity index (χ2n) is 5.26. The zero-order valence-corrected chi connectivity index (χ0v) is 13.5. The molecule has 1 amide bonds. The second kappa shape index (κ2) is 6.27. The minimum absolute atomic E-state index is 0.196. The van der Waals surface area contributed by atoms with Crippen LogP contribution < -0.4 is 5.32 Å². The summed E-state index contributed by atoms with van der Waals surface area (Å²) in [6.45, 7) is 1.58. The third-order valence-corrected chi connectivity index (χ3v) is 4.10. The van der Waals surface area contributed by atoms with Crippen LogP contribution in [0.3, 0.4) is 0 Å². The van der Waals surface area contributed by atoms with Crippen LogP contribution in [0.4, 0.5) is 5.69 Å². The molecule has 8 heteroatoms. The zero-order valence-electron chi connectivity index (χ0n) is 12.6. The maximum Gasteiger partial charge on any atom is 0.228 e. The molecule has 2 aromatic rings. The van der Waals surface area contributed by atoms with E-state index >= 15 is 0 Å². The molecule has 0 fully saturated rings. The van der Waals surface area contributed by atoms with E-state index in [0.717, 1.165) is 6.26 Å². The van der Waals surface area contributed by atoms with E-state index in [1.54, 1.807) is 43.2 Å². The van der Waals surface area contributed by atoms with Gasteiger partial charge in [0.15, 0.2) is 0 Å². The number of aryl methyl sites for hydroxylation is 1. The van der Waals surface area contributed by atoms with Crippen molar-refractivity contribution in [3.8, 4) is 11.4 Å². The number of hydrogen-bond donors (Lipinski definition) is 1. The number of aromatic nitrogens is 3. The van der Waals surface area contributed by atoms with E-state index in [2.05, 4.69) is 15.4 Å². The number of carbonyl (C=O) groups is 1. The van der Waals surface area contributed by atoms with E-state index < -0.39 is 15.8 Å². The van der Waals surface area contributed by atoms with Crippen molar-refractivity contribution in [3.63, 3.8) is 0 Å². The van der Waals surface area contributed by atoms with Gasteiger partial charge in [-0.3, -0.25) is 14.5 Å². The molecule has 0 bridgehead atoms. The highest BCUT2D eigenvalue weighted by molar-refractivity contribution is 7.90. The van der Waals surface area contributed by atoms with E-state index in [4.69, 9.17) is 0 Å². The van der Waals surface area contributed by atoms with Crippen LogP contribution in [0.5, 0.6) is 0 Å². The molecule has 0 aliphatic rings. The molecule has 1 atom stereocenters. The van der Waals surface area contributed by atoms with E-state index in [1.165, 1.54) is 0 Å². The van der Waals surface area contributed by atoms with Gasteiger partial charge in [-0.05, 0) is 12.1 Å². The summed E-state index contributed by atoms with van der Waals surface area (Å²) in [5.41, 5.74) is 1.68. The molecular formula is C14H18N4O3S. The van der Waals surface area contributed by atoms with Crippen molar-refractivity contribution in [1.29, 1.82) is 0 Å². The summed E-state index contributed by atoms with van der Waals surface area (Å²) in [4.78, 5) is 16.4. The first-order chi connectivity index (χ1) is 10.3. The number of carbonyl (C=O) groups excluding carboxylic acids is 1. The Morgan fingerprint density at radius 3 is 2.73 bits per heavy atom. The number of hydrogen-bond acceptors (Lipinski definition) is 5. The lowest BCUT2D eigenvalue weighted by molar-refractivity contribution is -0.118. The molecule has 7 nitrogen and oxygen atoms in total. The fourth-order valence-electron chi connectivity index (χ4n) is 2.06. The lowest BCUT2D eigenvalue weighted by Gasteiger charge is -2.10. The largest absolute Gasteiger partial charge is 0.323 e. The maximum atomic E-state index is 12.1. The minimum atomic E-state index is -3.21. The van der Waals surface area contributed by atoms with E-state index in [1.807, 2.05) is 6.07 Å². The first kappa shape index (κ1) is 16.2. The molecular weight excluding hydrogens is 304 g/mol. The van der Waals surface area contributed by atoms with Gasteiger partial charge in [0.25, 0.3) is 0 Å². The highest BCUT2D eigenvalue weighted by atomic mass is 32.2. The van der Waals surface area contributed by atoms with Crippen LogP contribution in [0.2, 0.25) is 0 Å². The van der Waals surface area contributed by atoms with Crippen molar-refractivity contribution in [2.24, 2.45) is 13.0 Å². The van der Waals surface area contributed by atoms with Gasteiger partial charge < -0.3 is 5.32 Å². The molecule has 1 N–H and O–H groups in total. The average molecular weight is 322 g/mol. The van der Waals surface area contributed by atoms with Crippen molar-refractivity contribution in [1.82, 2.24) is 14.8 Å². The number of anilines is 1. The molecule has 1 unspecified atom stereocenters. The molecule has 0 aromatic carbocycles. The number of sulfone groups is 1. The molecule has 0 radical (unpaired) electrons. The number of pyridine rings is 1. The fraction of sp³-hybridized carbons (Fsp3) is 0.357. The van der Waals surface area contributed by atoms with Gasteiger partial charge in [0, 0.05) is 31.6 Å². The average Bonchev–Trinajstić information content (AvgIpc) is 2.78. The lowest BCUT2D eigenvalue weighted by atomic mass is 10.2. The Kier molecular flexibility index (Phi) is 4.60. The molecule has 2 rings (SSSR count). The van der Waals surface area contributed by atoms with Gasteiger partial charge in [-0.1, -0.05) is 13.0 Å². The Morgan fingerprint density at radius 2 is 2.14 bits per heavy atom. The molecule has 0 saturated carbocycles. The molecule has 0 saturated heterocycles. The normalized spacial score (nSPS) is 12.9. The van der Waals surface area contributed by atoms with Gasteiger partial charge in [0.05, 0.1) is 17.1 Å². The first-order valence-corrected chi connectivity index (χ1v) is 8.76. The highest BCUT2D eigenvalue weighted by Gasteiger charge is 2.21. The highest BCUT2D eigenvalue weighted by Crippen LogP contribution is 2.24. The first-order valence-electron chi connectivity index (χ1n) is 6.70. The van der Waals surface area contributed by atoms with Crippen molar-refractivity contribution < 1.29 is 13.2 Å². The Hall–Kier alpha value is -2.22. The third kappa shape index (κ3) is 4.14.